The first-order valence-corrected chi connectivity index (χ1v) is 5.92. The molecular weight excluding hydrogens is 244 g/mol. The third-order valence-electron chi connectivity index (χ3n) is 3.09. The maximum absolute atomic E-state index is 11.1. The van der Waals surface area contributed by atoms with Crippen LogP contribution in [-0.2, 0) is 13.6 Å². The SMILES string of the molecule is Cc1cccc([N+](=O)[O-])c1N(C)Cc1nccn1C. The van der Waals surface area contributed by atoms with E-state index in [9.17, 15) is 10.1 Å². The molecule has 0 bridgehead atoms. The third-order valence-corrected chi connectivity index (χ3v) is 3.09. The molecule has 1 aromatic heterocycles. The van der Waals surface area contributed by atoms with Crippen molar-refractivity contribution in [3.05, 3.63) is 52.1 Å². The average Bonchev–Trinajstić information content (AvgIpc) is 2.74. The first-order chi connectivity index (χ1) is 9.00. The molecule has 1 aromatic carbocycles. The molecule has 0 amide bonds. The van der Waals surface area contributed by atoms with Crippen molar-refractivity contribution in [3.63, 3.8) is 0 Å². The van der Waals surface area contributed by atoms with E-state index in [4.69, 9.17) is 0 Å². The molecule has 2 aromatic rings. The molecule has 0 saturated heterocycles. The Bertz CT molecular complexity index is 606. The topological polar surface area (TPSA) is 64.2 Å². The van der Waals surface area contributed by atoms with Crippen LogP contribution in [0.15, 0.2) is 30.6 Å². The maximum atomic E-state index is 11.1. The number of nitro groups is 1. The molecule has 2 rings (SSSR count). The number of aromatic nitrogens is 2. The molecule has 0 spiro atoms. The van der Waals surface area contributed by atoms with Crippen molar-refractivity contribution in [3.8, 4) is 0 Å². The molecule has 0 saturated carbocycles. The van der Waals surface area contributed by atoms with Crippen molar-refractivity contribution in [1.82, 2.24) is 9.55 Å². The Morgan fingerprint density at radius 2 is 2.21 bits per heavy atom. The number of nitro benzene ring substituents is 1. The van der Waals surface area contributed by atoms with Crippen molar-refractivity contribution in [2.45, 2.75) is 13.5 Å². The molecule has 0 radical (unpaired) electrons. The van der Waals surface area contributed by atoms with Crippen molar-refractivity contribution >= 4 is 11.4 Å². The van der Waals surface area contributed by atoms with Crippen molar-refractivity contribution in [2.75, 3.05) is 11.9 Å². The molecule has 1 heterocycles. The molecule has 6 heteroatoms. The summed E-state index contributed by atoms with van der Waals surface area (Å²) in [5.74, 6) is 0.861. The van der Waals surface area contributed by atoms with Crippen LogP contribution in [0.3, 0.4) is 0 Å². The second-order valence-corrected chi connectivity index (χ2v) is 4.51. The summed E-state index contributed by atoms with van der Waals surface area (Å²) in [5.41, 5.74) is 1.64. The molecule has 0 unspecified atom stereocenters. The van der Waals surface area contributed by atoms with Gasteiger partial charge in [-0.1, -0.05) is 12.1 Å². The van der Waals surface area contributed by atoms with Crippen LogP contribution in [0, 0.1) is 17.0 Å². The highest BCUT2D eigenvalue weighted by Crippen LogP contribution is 2.31. The predicted molar refractivity (Wildman–Crippen MR) is 73.1 cm³/mol. The normalized spacial score (nSPS) is 10.5. The van der Waals surface area contributed by atoms with E-state index in [0.717, 1.165) is 11.4 Å². The Hall–Kier alpha value is -2.37. The predicted octanol–water partition coefficient (Wildman–Crippen LogP) is 2.27. The van der Waals surface area contributed by atoms with E-state index in [1.54, 1.807) is 12.3 Å². The molecule has 0 atom stereocenters. The summed E-state index contributed by atoms with van der Waals surface area (Å²) in [6, 6.07) is 5.10. The Balaban J connectivity index is 2.36. The number of anilines is 1. The molecule has 6 nitrogen and oxygen atoms in total. The average molecular weight is 260 g/mol. The summed E-state index contributed by atoms with van der Waals surface area (Å²) < 4.78 is 1.90. The lowest BCUT2D eigenvalue weighted by molar-refractivity contribution is -0.384. The summed E-state index contributed by atoms with van der Waals surface area (Å²) in [7, 11) is 3.74. The highest BCUT2D eigenvalue weighted by atomic mass is 16.6. The molecular formula is C13H16N4O2. The van der Waals surface area contributed by atoms with Crippen LogP contribution in [0.2, 0.25) is 0 Å². The van der Waals surface area contributed by atoms with Crippen LogP contribution in [0.1, 0.15) is 11.4 Å². The zero-order valence-corrected chi connectivity index (χ0v) is 11.2. The summed E-state index contributed by atoms with van der Waals surface area (Å²) in [6.07, 6.45) is 3.57. The van der Waals surface area contributed by atoms with Crippen LogP contribution < -0.4 is 4.90 Å². The van der Waals surface area contributed by atoms with Crippen molar-refractivity contribution < 1.29 is 4.92 Å². The van der Waals surface area contributed by atoms with Crippen LogP contribution in [0.25, 0.3) is 0 Å². The standard InChI is InChI=1S/C13H16N4O2/c1-10-5-4-6-11(17(18)19)13(10)16(3)9-12-14-7-8-15(12)2/h4-8H,9H2,1-3H3. The smallest absolute Gasteiger partial charge is 0.292 e. The summed E-state index contributed by atoms with van der Waals surface area (Å²) in [4.78, 5) is 16.8. The number of nitrogens with zero attached hydrogens (tertiary/aromatic N) is 4. The molecule has 100 valence electrons. The van der Waals surface area contributed by atoms with Gasteiger partial charge in [-0.15, -0.1) is 0 Å². The highest BCUT2D eigenvalue weighted by Gasteiger charge is 2.19. The minimum Gasteiger partial charge on any atom is -0.361 e. The van der Waals surface area contributed by atoms with Crippen molar-refractivity contribution in [2.24, 2.45) is 7.05 Å². The molecule has 0 aliphatic heterocycles. The molecule has 0 N–H and O–H groups in total. The van der Waals surface area contributed by atoms with E-state index >= 15 is 0 Å². The number of benzene rings is 1. The lowest BCUT2D eigenvalue weighted by atomic mass is 10.1. The number of imidazole rings is 1. The number of hydrogen-bond donors (Lipinski definition) is 0. The van der Waals surface area contributed by atoms with Gasteiger partial charge in [-0.25, -0.2) is 4.98 Å². The van der Waals surface area contributed by atoms with Crippen LogP contribution >= 0.6 is 0 Å². The van der Waals surface area contributed by atoms with Gasteiger partial charge in [-0.2, -0.15) is 0 Å². The van der Waals surface area contributed by atoms with Gasteiger partial charge in [0.2, 0.25) is 0 Å². The van der Waals surface area contributed by atoms with Crippen LogP contribution in [0.4, 0.5) is 11.4 Å². The maximum Gasteiger partial charge on any atom is 0.292 e. The van der Waals surface area contributed by atoms with Gasteiger partial charge in [-0.3, -0.25) is 10.1 Å². The zero-order valence-electron chi connectivity index (χ0n) is 11.2. The Morgan fingerprint density at radius 3 is 2.79 bits per heavy atom. The lowest BCUT2D eigenvalue weighted by Crippen LogP contribution is -2.21. The fourth-order valence-corrected chi connectivity index (χ4v) is 2.13. The van der Waals surface area contributed by atoms with Gasteiger partial charge in [0.25, 0.3) is 5.69 Å². The van der Waals surface area contributed by atoms with E-state index in [1.807, 2.05) is 42.7 Å². The quantitative estimate of drug-likeness (QED) is 0.625. The zero-order chi connectivity index (χ0) is 14.0. The first kappa shape index (κ1) is 13.1. The number of hydrogen-bond acceptors (Lipinski definition) is 4. The van der Waals surface area contributed by atoms with E-state index in [2.05, 4.69) is 4.98 Å². The fourth-order valence-electron chi connectivity index (χ4n) is 2.13. The van der Waals surface area contributed by atoms with E-state index in [-0.39, 0.29) is 10.6 Å². The van der Waals surface area contributed by atoms with Gasteiger partial charge in [0.1, 0.15) is 11.5 Å². The Kier molecular flexibility index (Phi) is 3.50. The van der Waals surface area contributed by atoms with E-state index in [0.29, 0.717) is 12.2 Å². The van der Waals surface area contributed by atoms with Gasteiger partial charge in [-0.05, 0) is 12.5 Å². The minimum absolute atomic E-state index is 0.122. The van der Waals surface area contributed by atoms with Crippen molar-refractivity contribution in [1.29, 1.82) is 0 Å². The number of para-hydroxylation sites is 1. The molecule has 0 aliphatic carbocycles. The number of aryl methyl sites for hydroxylation is 2. The van der Waals surface area contributed by atoms with Crippen LogP contribution in [0.5, 0.6) is 0 Å². The number of rotatable bonds is 4. The largest absolute Gasteiger partial charge is 0.361 e. The highest BCUT2D eigenvalue weighted by molar-refractivity contribution is 5.67. The lowest BCUT2D eigenvalue weighted by Gasteiger charge is -2.20. The summed E-state index contributed by atoms with van der Waals surface area (Å²) in [5, 5.41) is 11.1. The Morgan fingerprint density at radius 1 is 1.47 bits per heavy atom. The van der Waals surface area contributed by atoms with E-state index in [1.165, 1.54) is 6.07 Å². The van der Waals surface area contributed by atoms with Crippen LogP contribution in [-0.4, -0.2) is 21.5 Å². The monoisotopic (exact) mass is 260 g/mol. The summed E-state index contributed by atoms with van der Waals surface area (Å²) >= 11 is 0. The second-order valence-electron chi connectivity index (χ2n) is 4.51. The molecule has 0 aliphatic rings. The third kappa shape index (κ3) is 2.57. The fraction of sp³-hybridized carbons (Fsp3) is 0.308. The van der Waals surface area contributed by atoms with Gasteiger partial charge < -0.3 is 9.47 Å². The first-order valence-electron chi connectivity index (χ1n) is 5.92. The molecule has 0 fully saturated rings. The molecule has 19 heavy (non-hydrogen) atoms. The Labute approximate surface area is 111 Å². The van der Waals surface area contributed by atoms with Gasteiger partial charge in [0.15, 0.2) is 0 Å². The second kappa shape index (κ2) is 5.09. The van der Waals surface area contributed by atoms with Gasteiger partial charge in [0.05, 0.1) is 11.5 Å². The minimum atomic E-state index is -0.350. The van der Waals surface area contributed by atoms with Gasteiger partial charge in [0, 0.05) is 32.6 Å². The van der Waals surface area contributed by atoms with E-state index < -0.39 is 0 Å². The summed E-state index contributed by atoms with van der Waals surface area (Å²) in [6.45, 7) is 2.40. The van der Waals surface area contributed by atoms with Gasteiger partial charge >= 0.3 is 0 Å².